The Morgan fingerprint density at radius 3 is 2.53 bits per heavy atom. The van der Waals surface area contributed by atoms with Crippen molar-refractivity contribution in [1.29, 1.82) is 0 Å². The second-order valence-corrected chi connectivity index (χ2v) is 3.73. The highest BCUT2D eigenvalue weighted by atomic mass is 35.5. The van der Waals surface area contributed by atoms with Crippen LogP contribution in [0.4, 0.5) is 0 Å². The Kier molecular flexibility index (Phi) is 4.12. The van der Waals surface area contributed by atoms with Gasteiger partial charge in [0.15, 0.2) is 0 Å². The van der Waals surface area contributed by atoms with Crippen LogP contribution in [0.3, 0.4) is 0 Å². The molecule has 0 bridgehead atoms. The molecule has 0 aliphatic rings. The lowest BCUT2D eigenvalue weighted by molar-refractivity contribution is -0.146. The Bertz CT molecular complexity index is 351. The maximum Gasteiger partial charge on any atom is 0.309 e. The molecule has 0 aliphatic carbocycles. The Labute approximate surface area is 93.3 Å². The summed E-state index contributed by atoms with van der Waals surface area (Å²) in [5.41, 5.74) is 0.466. The van der Waals surface area contributed by atoms with E-state index in [-0.39, 0.29) is 0 Å². The number of halogens is 1. The van der Waals surface area contributed by atoms with Crippen molar-refractivity contribution in [2.24, 2.45) is 5.92 Å². The van der Waals surface area contributed by atoms with Gasteiger partial charge in [0.25, 0.3) is 0 Å². The van der Waals surface area contributed by atoms with Crippen LogP contribution >= 0.6 is 11.6 Å². The molecule has 1 rings (SSSR count). The Balaban J connectivity index is 2.97. The minimum Gasteiger partial charge on any atom is -0.481 e. The van der Waals surface area contributed by atoms with E-state index in [1.165, 1.54) is 0 Å². The van der Waals surface area contributed by atoms with Gasteiger partial charge in [0, 0.05) is 5.02 Å². The summed E-state index contributed by atoms with van der Waals surface area (Å²) in [6.07, 6.45) is -0.692. The number of hydrogen-bond acceptors (Lipinski definition) is 2. The van der Waals surface area contributed by atoms with Gasteiger partial charge in [-0.2, -0.15) is 0 Å². The number of carbonyl (C=O) groups is 1. The average molecular weight is 229 g/mol. The van der Waals surface area contributed by atoms with Crippen molar-refractivity contribution in [3.63, 3.8) is 0 Å². The Morgan fingerprint density at radius 2 is 2.07 bits per heavy atom. The third-order valence-electron chi connectivity index (χ3n) is 2.36. The van der Waals surface area contributed by atoms with Crippen LogP contribution < -0.4 is 0 Å². The molecular formula is C11H13ClO3. The monoisotopic (exact) mass is 228 g/mol. The molecule has 3 nitrogen and oxygen atoms in total. The van der Waals surface area contributed by atoms with Crippen molar-refractivity contribution < 1.29 is 15.0 Å². The topological polar surface area (TPSA) is 57.5 Å². The smallest absolute Gasteiger partial charge is 0.309 e. The second-order valence-electron chi connectivity index (χ2n) is 3.32. The molecule has 0 aromatic heterocycles. The van der Waals surface area contributed by atoms with Crippen molar-refractivity contribution in [2.45, 2.75) is 19.4 Å². The molecule has 1 aromatic carbocycles. The maximum absolute atomic E-state index is 10.9. The van der Waals surface area contributed by atoms with Crippen molar-refractivity contribution in [2.75, 3.05) is 0 Å². The summed E-state index contributed by atoms with van der Waals surface area (Å²) < 4.78 is 0. The molecule has 15 heavy (non-hydrogen) atoms. The molecule has 0 radical (unpaired) electrons. The highest BCUT2D eigenvalue weighted by Crippen LogP contribution is 2.29. The Morgan fingerprint density at radius 1 is 1.47 bits per heavy atom. The van der Waals surface area contributed by atoms with Gasteiger partial charge in [-0.15, -0.1) is 0 Å². The number of aliphatic hydroxyl groups is 1. The lowest BCUT2D eigenvalue weighted by Gasteiger charge is -2.18. The molecule has 2 atom stereocenters. The first-order chi connectivity index (χ1) is 7.07. The molecule has 82 valence electrons. The van der Waals surface area contributed by atoms with Crippen LogP contribution in [0.15, 0.2) is 24.3 Å². The molecule has 0 aliphatic heterocycles. The fraction of sp³-hybridized carbons (Fsp3) is 0.364. The lowest BCUT2D eigenvalue weighted by atomic mass is 9.93. The second kappa shape index (κ2) is 5.14. The van der Waals surface area contributed by atoms with Crippen LogP contribution in [-0.2, 0) is 4.79 Å². The number of hydrogen-bond donors (Lipinski definition) is 2. The zero-order valence-electron chi connectivity index (χ0n) is 8.35. The highest BCUT2D eigenvalue weighted by Gasteiger charge is 2.27. The summed E-state index contributed by atoms with van der Waals surface area (Å²) >= 11 is 5.87. The summed E-state index contributed by atoms with van der Waals surface area (Å²) in [5.74, 6) is -1.82. The van der Waals surface area contributed by atoms with E-state index in [2.05, 4.69) is 0 Å². The molecule has 0 amide bonds. The van der Waals surface area contributed by atoms with Gasteiger partial charge in [0.1, 0.15) is 0 Å². The van der Waals surface area contributed by atoms with Gasteiger partial charge in [-0.25, -0.2) is 0 Å². The molecule has 0 saturated heterocycles. The molecule has 0 fully saturated rings. The van der Waals surface area contributed by atoms with Crippen molar-refractivity contribution in [3.05, 3.63) is 34.9 Å². The van der Waals surface area contributed by atoms with Gasteiger partial charge in [-0.3, -0.25) is 4.79 Å². The summed E-state index contributed by atoms with van der Waals surface area (Å²) in [6.45, 7) is 1.72. The molecular weight excluding hydrogens is 216 g/mol. The third kappa shape index (κ3) is 2.70. The quantitative estimate of drug-likeness (QED) is 0.833. The number of benzene rings is 1. The van der Waals surface area contributed by atoms with Crippen molar-refractivity contribution in [3.8, 4) is 0 Å². The molecule has 0 heterocycles. The standard InChI is InChI=1S/C11H13ClO3/c1-2-7(11(14)15)10(13)8-5-3-4-6-9(8)12/h3-7,10,13H,2H2,1H3,(H,14,15). The first-order valence-corrected chi connectivity index (χ1v) is 5.11. The van der Waals surface area contributed by atoms with E-state index in [4.69, 9.17) is 16.7 Å². The molecule has 1 aromatic rings. The van der Waals surface area contributed by atoms with Gasteiger partial charge < -0.3 is 10.2 Å². The van der Waals surface area contributed by atoms with Crippen molar-refractivity contribution >= 4 is 17.6 Å². The first kappa shape index (κ1) is 12.0. The zero-order chi connectivity index (χ0) is 11.4. The van der Waals surface area contributed by atoms with E-state index in [9.17, 15) is 9.90 Å². The van der Waals surface area contributed by atoms with E-state index >= 15 is 0 Å². The number of aliphatic carboxylic acids is 1. The molecule has 2 unspecified atom stereocenters. The lowest BCUT2D eigenvalue weighted by Crippen LogP contribution is -2.21. The number of aliphatic hydroxyl groups excluding tert-OH is 1. The molecule has 2 N–H and O–H groups in total. The van der Waals surface area contributed by atoms with Gasteiger partial charge in [-0.05, 0) is 18.1 Å². The molecule has 0 spiro atoms. The van der Waals surface area contributed by atoms with Gasteiger partial charge in [-0.1, -0.05) is 36.7 Å². The number of carboxylic acid groups (broad SMARTS) is 1. The molecule has 4 heteroatoms. The Hall–Kier alpha value is -1.06. The number of rotatable bonds is 4. The zero-order valence-corrected chi connectivity index (χ0v) is 9.11. The third-order valence-corrected chi connectivity index (χ3v) is 2.71. The predicted molar refractivity (Wildman–Crippen MR) is 57.8 cm³/mol. The van der Waals surface area contributed by atoms with E-state index < -0.39 is 18.0 Å². The van der Waals surface area contributed by atoms with E-state index in [1.54, 1.807) is 31.2 Å². The predicted octanol–water partition coefficient (Wildman–Crippen LogP) is 2.48. The van der Waals surface area contributed by atoms with E-state index in [0.29, 0.717) is 17.0 Å². The number of carboxylic acids is 1. The largest absolute Gasteiger partial charge is 0.481 e. The minimum atomic E-state index is -1.05. The van der Waals surface area contributed by atoms with Gasteiger partial charge in [0.05, 0.1) is 12.0 Å². The fourth-order valence-corrected chi connectivity index (χ4v) is 1.71. The van der Waals surface area contributed by atoms with Gasteiger partial charge in [0.2, 0.25) is 0 Å². The normalized spacial score (nSPS) is 14.6. The van der Waals surface area contributed by atoms with Crippen LogP contribution in [0.5, 0.6) is 0 Å². The summed E-state index contributed by atoms with van der Waals surface area (Å²) in [5, 5.41) is 19.2. The summed E-state index contributed by atoms with van der Waals surface area (Å²) in [7, 11) is 0. The van der Waals surface area contributed by atoms with Crippen molar-refractivity contribution in [1.82, 2.24) is 0 Å². The van der Waals surface area contributed by atoms with Crippen LogP contribution in [0.1, 0.15) is 25.0 Å². The molecule has 0 saturated carbocycles. The average Bonchev–Trinajstić information content (AvgIpc) is 2.18. The fourth-order valence-electron chi connectivity index (χ4n) is 1.46. The first-order valence-electron chi connectivity index (χ1n) is 4.73. The van der Waals surface area contributed by atoms with Crippen LogP contribution in [0.25, 0.3) is 0 Å². The van der Waals surface area contributed by atoms with Crippen LogP contribution in [0.2, 0.25) is 5.02 Å². The SMILES string of the molecule is CCC(C(=O)O)C(O)c1ccccc1Cl. The van der Waals surface area contributed by atoms with Crippen LogP contribution in [0, 0.1) is 5.92 Å². The van der Waals surface area contributed by atoms with E-state index in [0.717, 1.165) is 0 Å². The highest BCUT2D eigenvalue weighted by molar-refractivity contribution is 6.31. The van der Waals surface area contributed by atoms with Crippen LogP contribution in [-0.4, -0.2) is 16.2 Å². The maximum atomic E-state index is 10.9. The summed E-state index contributed by atoms with van der Waals surface area (Å²) in [4.78, 5) is 10.9. The summed E-state index contributed by atoms with van der Waals surface area (Å²) in [6, 6.07) is 6.73. The van der Waals surface area contributed by atoms with E-state index in [1.807, 2.05) is 0 Å². The van der Waals surface area contributed by atoms with Gasteiger partial charge >= 0.3 is 5.97 Å². The minimum absolute atomic E-state index is 0.363.